The summed E-state index contributed by atoms with van der Waals surface area (Å²) in [6, 6.07) is 15.6. The Hall–Kier alpha value is -4.79. The van der Waals surface area contributed by atoms with Crippen molar-refractivity contribution < 1.29 is 19.1 Å². The number of nitrogens with one attached hydrogen (secondary N) is 1. The van der Waals surface area contributed by atoms with E-state index >= 15 is 0 Å². The number of hydrogen-bond acceptors (Lipinski definition) is 6. The van der Waals surface area contributed by atoms with Gasteiger partial charge in [0.15, 0.2) is 5.78 Å². The molecule has 9 nitrogen and oxygen atoms in total. The number of Topliss-reactive ketones (excluding diaryl/α,β-unsaturated/α-hetero) is 1. The van der Waals surface area contributed by atoms with Crippen molar-refractivity contribution in [3.05, 3.63) is 95.4 Å². The van der Waals surface area contributed by atoms with Gasteiger partial charge in [0.1, 0.15) is 12.4 Å². The number of nitrogens with zero attached hydrogens (tertiary/aromatic N) is 3. The van der Waals surface area contributed by atoms with Crippen molar-refractivity contribution in [1.82, 2.24) is 9.55 Å². The number of amides is 1. The van der Waals surface area contributed by atoms with Gasteiger partial charge in [0.05, 0.1) is 17.7 Å². The van der Waals surface area contributed by atoms with Gasteiger partial charge in [-0.2, -0.15) is 0 Å². The molecule has 0 aliphatic carbocycles. The average Bonchev–Trinajstić information content (AvgIpc) is 3.23. The van der Waals surface area contributed by atoms with Crippen molar-refractivity contribution in [3.63, 3.8) is 0 Å². The Morgan fingerprint density at radius 1 is 1.08 bits per heavy atom. The SMILES string of the molecule is CCOC(=O)CN(C(=O)c1cccnc1)c1ccc2c(C(=O)Cc3ccc(C(=N)N)cc3)cn(C)c2c1. The van der Waals surface area contributed by atoms with Gasteiger partial charge >= 0.3 is 5.97 Å². The van der Waals surface area contributed by atoms with Crippen LogP contribution in [-0.4, -0.2) is 46.2 Å². The van der Waals surface area contributed by atoms with E-state index in [1.54, 1.807) is 73.9 Å². The van der Waals surface area contributed by atoms with Gasteiger partial charge in [-0.25, -0.2) is 0 Å². The van der Waals surface area contributed by atoms with Crippen molar-refractivity contribution in [3.8, 4) is 0 Å². The van der Waals surface area contributed by atoms with Crippen molar-refractivity contribution in [2.45, 2.75) is 13.3 Å². The number of pyridine rings is 1. The fraction of sp³-hybridized carbons (Fsp3) is 0.179. The van der Waals surface area contributed by atoms with Gasteiger partial charge in [-0.1, -0.05) is 30.3 Å². The van der Waals surface area contributed by atoms with Crippen molar-refractivity contribution >= 4 is 40.1 Å². The molecule has 2 heterocycles. The second-order valence-electron chi connectivity index (χ2n) is 8.50. The highest BCUT2D eigenvalue weighted by molar-refractivity contribution is 6.12. The monoisotopic (exact) mass is 497 g/mol. The minimum Gasteiger partial charge on any atom is -0.465 e. The second kappa shape index (κ2) is 10.9. The van der Waals surface area contributed by atoms with Crippen LogP contribution in [0.15, 0.2) is 73.2 Å². The molecular weight excluding hydrogens is 470 g/mol. The summed E-state index contributed by atoms with van der Waals surface area (Å²) in [6.07, 6.45) is 4.97. The highest BCUT2D eigenvalue weighted by Gasteiger charge is 2.23. The van der Waals surface area contributed by atoms with Crippen LogP contribution >= 0.6 is 0 Å². The Kier molecular flexibility index (Phi) is 7.43. The fourth-order valence-electron chi connectivity index (χ4n) is 4.11. The molecule has 0 radical (unpaired) electrons. The Balaban J connectivity index is 1.66. The first-order valence-electron chi connectivity index (χ1n) is 11.7. The van der Waals surface area contributed by atoms with Gasteiger partial charge in [0.2, 0.25) is 0 Å². The minimum atomic E-state index is -0.529. The number of nitrogens with two attached hydrogens (primary N) is 1. The number of aromatic nitrogens is 2. The lowest BCUT2D eigenvalue weighted by Crippen LogP contribution is -2.36. The molecule has 0 aliphatic rings. The first kappa shape index (κ1) is 25.3. The van der Waals surface area contributed by atoms with Crippen LogP contribution in [-0.2, 0) is 23.0 Å². The van der Waals surface area contributed by atoms with Crippen LogP contribution in [0, 0.1) is 5.41 Å². The Labute approximate surface area is 214 Å². The number of fused-ring (bicyclic) bond motifs is 1. The summed E-state index contributed by atoms with van der Waals surface area (Å²) in [4.78, 5) is 44.1. The molecule has 9 heteroatoms. The van der Waals surface area contributed by atoms with Gasteiger partial charge in [0, 0.05) is 54.3 Å². The first-order chi connectivity index (χ1) is 17.8. The maximum atomic E-state index is 13.3. The summed E-state index contributed by atoms with van der Waals surface area (Å²) in [7, 11) is 1.82. The summed E-state index contributed by atoms with van der Waals surface area (Å²) in [5, 5.41) is 8.25. The zero-order valence-corrected chi connectivity index (χ0v) is 20.6. The fourth-order valence-corrected chi connectivity index (χ4v) is 4.11. The van der Waals surface area contributed by atoms with E-state index in [0.29, 0.717) is 22.4 Å². The summed E-state index contributed by atoms with van der Waals surface area (Å²) in [5.41, 5.74) is 9.04. The van der Waals surface area contributed by atoms with Crippen LogP contribution in [0.25, 0.3) is 10.9 Å². The van der Waals surface area contributed by atoms with E-state index in [9.17, 15) is 14.4 Å². The molecule has 2 aromatic carbocycles. The van der Waals surface area contributed by atoms with Gasteiger partial charge in [0.25, 0.3) is 5.91 Å². The molecule has 4 rings (SSSR count). The topological polar surface area (TPSA) is 131 Å². The number of hydrogen-bond donors (Lipinski definition) is 2. The van der Waals surface area contributed by atoms with Gasteiger partial charge < -0.3 is 15.0 Å². The van der Waals surface area contributed by atoms with E-state index < -0.39 is 5.97 Å². The maximum Gasteiger partial charge on any atom is 0.326 e. The highest BCUT2D eigenvalue weighted by Crippen LogP contribution is 2.28. The third-order valence-electron chi connectivity index (χ3n) is 5.96. The van der Waals surface area contributed by atoms with Crippen molar-refractivity contribution in [2.24, 2.45) is 12.8 Å². The predicted octanol–water partition coefficient (Wildman–Crippen LogP) is 3.49. The van der Waals surface area contributed by atoms with Crippen molar-refractivity contribution in [2.75, 3.05) is 18.1 Å². The molecule has 0 saturated heterocycles. The summed E-state index contributed by atoms with van der Waals surface area (Å²) >= 11 is 0. The molecule has 4 aromatic rings. The largest absolute Gasteiger partial charge is 0.465 e. The highest BCUT2D eigenvalue weighted by atomic mass is 16.5. The maximum absolute atomic E-state index is 13.3. The molecule has 0 aliphatic heterocycles. The molecule has 0 fully saturated rings. The summed E-state index contributed by atoms with van der Waals surface area (Å²) in [6.45, 7) is 1.64. The molecule has 0 saturated carbocycles. The number of ketones is 1. The number of carbonyl (C=O) groups excluding carboxylic acids is 3. The van der Waals surface area contributed by atoms with Gasteiger partial charge in [-0.15, -0.1) is 0 Å². The lowest BCUT2D eigenvalue weighted by atomic mass is 10.0. The van der Waals surface area contributed by atoms with Crippen LogP contribution in [0.4, 0.5) is 5.69 Å². The van der Waals surface area contributed by atoms with Gasteiger partial charge in [-0.3, -0.25) is 29.7 Å². The molecular formula is C28H27N5O4. The standard InChI is InChI=1S/C28H27N5O4/c1-3-37-26(35)17-33(28(36)20-5-4-12-31-15-20)21-10-11-22-23(16-32(2)24(22)14-21)25(34)13-18-6-8-19(9-7-18)27(29)30/h4-12,14-16H,3,13,17H2,1-2H3,(H3,29,30). The Morgan fingerprint density at radius 2 is 1.84 bits per heavy atom. The van der Waals surface area contributed by atoms with E-state index in [4.69, 9.17) is 15.9 Å². The van der Waals surface area contributed by atoms with E-state index in [-0.39, 0.29) is 37.1 Å². The molecule has 37 heavy (non-hydrogen) atoms. The number of ether oxygens (including phenoxy) is 1. The molecule has 0 bridgehead atoms. The van der Waals surface area contributed by atoms with Crippen LogP contribution in [0.3, 0.4) is 0 Å². The van der Waals surface area contributed by atoms with Crippen molar-refractivity contribution in [1.29, 1.82) is 5.41 Å². The Bertz CT molecular complexity index is 1480. The number of nitrogen functional groups attached to an aromatic ring is 1. The first-order valence-corrected chi connectivity index (χ1v) is 11.7. The van der Waals surface area contributed by atoms with Crippen LogP contribution in [0.2, 0.25) is 0 Å². The molecule has 188 valence electrons. The van der Waals surface area contributed by atoms with E-state index in [1.807, 2.05) is 11.6 Å². The normalized spacial score (nSPS) is 10.8. The van der Waals surface area contributed by atoms with Crippen LogP contribution in [0.5, 0.6) is 0 Å². The van der Waals surface area contributed by atoms with Gasteiger partial charge in [-0.05, 0) is 36.8 Å². The van der Waals surface area contributed by atoms with Crippen LogP contribution < -0.4 is 10.6 Å². The smallest absolute Gasteiger partial charge is 0.326 e. The minimum absolute atomic E-state index is 0.0262. The molecule has 2 aromatic heterocycles. The molecule has 3 N–H and O–H groups in total. The third-order valence-corrected chi connectivity index (χ3v) is 5.96. The lowest BCUT2D eigenvalue weighted by molar-refractivity contribution is -0.141. The molecule has 1 amide bonds. The molecule has 0 atom stereocenters. The zero-order chi connectivity index (χ0) is 26.5. The van der Waals surface area contributed by atoms with E-state index in [2.05, 4.69) is 4.98 Å². The number of anilines is 1. The number of amidine groups is 1. The molecule has 0 spiro atoms. The number of carbonyl (C=O) groups is 3. The number of aryl methyl sites for hydroxylation is 1. The van der Waals surface area contributed by atoms with E-state index in [1.165, 1.54) is 11.1 Å². The predicted molar refractivity (Wildman–Crippen MR) is 141 cm³/mol. The zero-order valence-electron chi connectivity index (χ0n) is 20.6. The van der Waals surface area contributed by atoms with Crippen LogP contribution in [0.1, 0.15) is 38.8 Å². The second-order valence-corrected chi connectivity index (χ2v) is 8.50. The van der Waals surface area contributed by atoms with E-state index in [0.717, 1.165) is 16.5 Å². The average molecular weight is 498 g/mol. The Morgan fingerprint density at radius 3 is 2.49 bits per heavy atom. The summed E-state index contributed by atoms with van der Waals surface area (Å²) < 4.78 is 6.91. The summed E-state index contributed by atoms with van der Waals surface area (Å²) in [5.74, 6) is -1.01. The molecule has 0 unspecified atom stereocenters. The number of rotatable bonds is 9. The third kappa shape index (κ3) is 5.56. The quantitative estimate of drug-likeness (QED) is 0.157. The number of esters is 1. The lowest BCUT2D eigenvalue weighted by Gasteiger charge is -2.22. The number of benzene rings is 2.